The first-order valence-corrected chi connectivity index (χ1v) is 7.01. The Labute approximate surface area is 115 Å². The van der Waals surface area contributed by atoms with Gasteiger partial charge in [0.1, 0.15) is 0 Å². The third kappa shape index (κ3) is 2.66. The van der Waals surface area contributed by atoms with Crippen LogP contribution in [0.5, 0.6) is 0 Å². The van der Waals surface area contributed by atoms with Crippen LogP contribution in [0.1, 0.15) is 18.7 Å². The number of nitrogens with zero attached hydrogens (tertiary/aromatic N) is 2. The molecule has 1 aromatic carbocycles. The van der Waals surface area contributed by atoms with Crippen molar-refractivity contribution in [1.82, 2.24) is 15.2 Å². The van der Waals surface area contributed by atoms with Gasteiger partial charge in [0.2, 0.25) is 0 Å². The van der Waals surface area contributed by atoms with Gasteiger partial charge in [0.25, 0.3) is 0 Å². The zero-order chi connectivity index (χ0) is 13.1. The monoisotopic (exact) mass is 270 g/mol. The molecule has 0 bridgehead atoms. The highest BCUT2D eigenvalue weighted by Crippen LogP contribution is 2.22. The molecule has 0 saturated heterocycles. The summed E-state index contributed by atoms with van der Waals surface area (Å²) in [5.41, 5.74) is 6.17. The fourth-order valence-corrected chi connectivity index (χ4v) is 2.57. The van der Waals surface area contributed by atoms with Crippen molar-refractivity contribution < 1.29 is 0 Å². The summed E-state index contributed by atoms with van der Waals surface area (Å²) in [6.45, 7) is 2.11. The first kappa shape index (κ1) is 11.9. The number of thiazole rings is 1. The molecule has 0 aliphatic heterocycles. The lowest BCUT2D eigenvalue weighted by Crippen LogP contribution is -2.06. The quantitative estimate of drug-likeness (QED) is 0.760. The van der Waals surface area contributed by atoms with Crippen LogP contribution in [0, 0.1) is 0 Å². The number of H-pyrrole nitrogens is 1. The van der Waals surface area contributed by atoms with Crippen molar-refractivity contribution in [3.63, 3.8) is 0 Å². The van der Waals surface area contributed by atoms with E-state index in [2.05, 4.69) is 57.1 Å². The van der Waals surface area contributed by atoms with Crippen molar-refractivity contribution in [2.75, 3.05) is 5.32 Å². The van der Waals surface area contributed by atoms with Gasteiger partial charge in [0, 0.05) is 17.3 Å². The molecule has 5 heteroatoms. The van der Waals surface area contributed by atoms with Crippen LogP contribution < -0.4 is 5.32 Å². The van der Waals surface area contributed by atoms with Crippen LogP contribution >= 0.6 is 11.3 Å². The Hall–Kier alpha value is -2.14. The Morgan fingerprint density at radius 1 is 1.21 bits per heavy atom. The van der Waals surface area contributed by atoms with E-state index in [0.717, 1.165) is 22.6 Å². The normalized spacial score (nSPS) is 12.3. The van der Waals surface area contributed by atoms with E-state index in [0.29, 0.717) is 0 Å². The third-order valence-electron chi connectivity index (χ3n) is 2.97. The zero-order valence-electron chi connectivity index (χ0n) is 10.5. The lowest BCUT2D eigenvalue weighted by atomic mass is 10.1. The lowest BCUT2D eigenvalue weighted by molar-refractivity contribution is 0.850. The summed E-state index contributed by atoms with van der Waals surface area (Å²) in [5, 5.41) is 12.4. The van der Waals surface area contributed by atoms with E-state index in [4.69, 9.17) is 0 Å². The van der Waals surface area contributed by atoms with Crippen LogP contribution in [0.2, 0.25) is 0 Å². The summed E-state index contributed by atoms with van der Waals surface area (Å²) < 4.78 is 0. The van der Waals surface area contributed by atoms with Crippen molar-refractivity contribution in [2.24, 2.45) is 0 Å². The predicted molar refractivity (Wildman–Crippen MR) is 78.2 cm³/mol. The van der Waals surface area contributed by atoms with Crippen LogP contribution in [0.25, 0.3) is 11.3 Å². The summed E-state index contributed by atoms with van der Waals surface area (Å²) in [5.74, 6) is 0. The van der Waals surface area contributed by atoms with Crippen LogP contribution in [0.3, 0.4) is 0 Å². The molecule has 4 nitrogen and oxygen atoms in total. The second-order valence-electron chi connectivity index (χ2n) is 4.33. The number of anilines is 1. The van der Waals surface area contributed by atoms with Gasteiger partial charge < -0.3 is 5.32 Å². The van der Waals surface area contributed by atoms with Gasteiger partial charge in [-0.1, -0.05) is 12.1 Å². The fourth-order valence-electron chi connectivity index (χ4n) is 1.92. The number of aromatic nitrogens is 3. The van der Waals surface area contributed by atoms with E-state index in [1.807, 2.05) is 11.6 Å². The van der Waals surface area contributed by atoms with Gasteiger partial charge in [-0.2, -0.15) is 5.10 Å². The summed E-state index contributed by atoms with van der Waals surface area (Å²) in [6, 6.07) is 10.5. The molecule has 19 heavy (non-hydrogen) atoms. The van der Waals surface area contributed by atoms with Crippen LogP contribution in [-0.2, 0) is 0 Å². The number of hydrogen-bond acceptors (Lipinski definition) is 4. The van der Waals surface area contributed by atoms with Gasteiger partial charge in [0.05, 0.1) is 22.9 Å². The first-order chi connectivity index (χ1) is 9.33. The van der Waals surface area contributed by atoms with E-state index < -0.39 is 0 Å². The molecule has 0 aliphatic carbocycles. The van der Waals surface area contributed by atoms with Gasteiger partial charge in [-0.15, -0.1) is 11.3 Å². The van der Waals surface area contributed by atoms with Gasteiger partial charge in [-0.05, 0) is 30.7 Å². The van der Waals surface area contributed by atoms with Gasteiger partial charge in [-0.25, -0.2) is 4.98 Å². The van der Waals surface area contributed by atoms with E-state index in [1.165, 1.54) is 0 Å². The zero-order valence-corrected chi connectivity index (χ0v) is 11.3. The molecule has 3 rings (SSSR count). The van der Waals surface area contributed by atoms with Gasteiger partial charge in [-0.3, -0.25) is 5.10 Å². The minimum absolute atomic E-state index is 0.212. The third-order valence-corrected chi connectivity index (χ3v) is 3.58. The SMILES string of the molecule is CC(Nc1ccc(-c2ccn[nH]2)cc1)c1cscn1. The Balaban J connectivity index is 1.73. The maximum Gasteiger partial charge on any atom is 0.0795 e. The maximum atomic E-state index is 4.31. The van der Waals surface area contributed by atoms with Crippen molar-refractivity contribution in [3.8, 4) is 11.3 Å². The van der Waals surface area contributed by atoms with E-state index in [9.17, 15) is 0 Å². The summed E-state index contributed by atoms with van der Waals surface area (Å²) in [6.07, 6.45) is 1.76. The molecule has 3 aromatic rings. The van der Waals surface area contributed by atoms with Crippen molar-refractivity contribution >= 4 is 17.0 Å². The Morgan fingerprint density at radius 2 is 2.05 bits per heavy atom. The molecule has 2 aromatic heterocycles. The minimum atomic E-state index is 0.212. The maximum absolute atomic E-state index is 4.31. The number of benzene rings is 1. The van der Waals surface area contributed by atoms with Crippen molar-refractivity contribution in [2.45, 2.75) is 13.0 Å². The smallest absolute Gasteiger partial charge is 0.0795 e. The van der Waals surface area contributed by atoms with Gasteiger partial charge in [0.15, 0.2) is 0 Å². The first-order valence-electron chi connectivity index (χ1n) is 6.07. The number of hydrogen-bond donors (Lipinski definition) is 2. The van der Waals surface area contributed by atoms with Crippen LogP contribution in [0.15, 0.2) is 47.4 Å². The number of aromatic amines is 1. The van der Waals surface area contributed by atoms with E-state index in [-0.39, 0.29) is 6.04 Å². The van der Waals surface area contributed by atoms with E-state index in [1.54, 1.807) is 17.5 Å². The Kier molecular flexibility index (Phi) is 3.29. The Morgan fingerprint density at radius 3 is 2.68 bits per heavy atom. The van der Waals surface area contributed by atoms with Crippen molar-refractivity contribution in [1.29, 1.82) is 0 Å². The molecule has 0 spiro atoms. The highest BCUT2D eigenvalue weighted by molar-refractivity contribution is 7.07. The molecule has 0 aliphatic rings. The second-order valence-corrected chi connectivity index (χ2v) is 5.05. The average molecular weight is 270 g/mol. The molecule has 0 saturated carbocycles. The summed E-state index contributed by atoms with van der Waals surface area (Å²) in [4.78, 5) is 4.31. The molecule has 1 atom stereocenters. The average Bonchev–Trinajstić information content (AvgIpc) is 3.13. The number of nitrogens with one attached hydrogen (secondary N) is 2. The largest absolute Gasteiger partial charge is 0.377 e. The molecular weight excluding hydrogens is 256 g/mol. The minimum Gasteiger partial charge on any atom is -0.377 e. The highest BCUT2D eigenvalue weighted by Gasteiger charge is 2.07. The van der Waals surface area contributed by atoms with Crippen LogP contribution in [-0.4, -0.2) is 15.2 Å². The van der Waals surface area contributed by atoms with Crippen LogP contribution in [0.4, 0.5) is 5.69 Å². The molecule has 0 fully saturated rings. The Bertz CT molecular complexity index is 614. The lowest BCUT2D eigenvalue weighted by Gasteiger charge is -2.13. The topological polar surface area (TPSA) is 53.6 Å². The van der Waals surface area contributed by atoms with E-state index >= 15 is 0 Å². The van der Waals surface area contributed by atoms with Gasteiger partial charge >= 0.3 is 0 Å². The molecule has 1 unspecified atom stereocenters. The molecule has 0 radical (unpaired) electrons. The molecule has 2 N–H and O–H groups in total. The molecule has 96 valence electrons. The number of rotatable bonds is 4. The predicted octanol–water partition coefficient (Wildman–Crippen LogP) is 3.71. The molecular formula is C14H14N4S. The van der Waals surface area contributed by atoms with Crippen molar-refractivity contribution in [3.05, 3.63) is 53.1 Å². The highest BCUT2D eigenvalue weighted by atomic mass is 32.1. The molecule has 2 heterocycles. The summed E-state index contributed by atoms with van der Waals surface area (Å²) >= 11 is 1.62. The standard InChI is InChI=1S/C14H14N4S/c1-10(14-8-19-9-15-14)17-12-4-2-11(3-5-12)13-6-7-16-18-13/h2-10,17H,1H3,(H,16,18). The summed E-state index contributed by atoms with van der Waals surface area (Å²) in [7, 11) is 0. The second kappa shape index (κ2) is 5.24. The fraction of sp³-hybridized carbons (Fsp3) is 0.143. The molecule has 0 amide bonds.